The van der Waals surface area contributed by atoms with Crippen LogP contribution in [0.3, 0.4) is 0 Å². The van der Waals surface area contributed by atoms with Gasteiger partial charge in [0.05, 0.1) is 6.42 Å². The van der Waals surface area contributed by atoms with Crippen LogP contribution in [0.2, 0.25) is 0 Å². The van der Waals surface area contributed by atoms with Crippen LogP contribution in [-0.4, -0.2) is 36.5 Å². The summed E-state index contributed by atoms with van der Waals surface area (Å²) in [6.07, 6.45) is 1.29. The minimum atomic E-state index is -0.458. The number of ether oxygens (including phenoxy) is 1. The van der Waals surface area contributed by atoms with Crippen molar-refractivity contribution in [2.75, 3.05) is 19.7 Å². The third kappa shape index (κ3) is 4.50. The molecule has 0 saturated heterocycles. The Hall–Kier alpha value is -1.06. The molecule has 0 bridgehead atoms. The molecular formula is C9H16NO3. The lowest BCUT2D eigenvalue weighted by Gasteiger charge is -2.17. The molecular weight excluding hydrogens is 170 g/mol. The van der Waals surface area contributed by atoms with Crippen molar-refractivity contribution in [1.29, 1.82) is 0 Å². The molecule has 0 rings (SSSR count). The van der Waals surface area contributed by atoms with Gasteiger partial charge < -0.3 is 9.64 Å². The summed E-state index contributed by atoms with van der Waals surface area (Å²) < 4.78 is 4.65. The molecule has 4 heteroatoms. The lowest BCUT2D eigenvalue weighted by Crippen LogP contribution is -2.34. The molecule has 4 nitrogen and oxygen atoms in total. The molecule has 1 amide bonds. The van der Waals surface area contributed by atoms with E-state index in [2.05, 4.69) is 4.74 Å². The highest BCUT2D eigenvalue weighted by atomic mass is 16.5. The fourth-order valence-corrected chi connectivity index (χ4v) is 0.884. The number of carbonyl (C=O) groups excluding carboxylic acids is 2. The zero-order valence-electron chi connectivity index (χ0n) is 8.37. The number of esters is 1. The first-order valence-corrected chi connectivity index (χ1v) is 4.39. The molecule has 0 aromatic carbocycles. The molecule has 75 valence electrons. The Kier molecular flexibility index (Phi) is 5.93. The molecule has 0 aromatic rings. The second-order valence-electron chi connectivity index (χ2n) is 2.46. The summed E-state index contributed by atoms with van der Waals surface area (Å²) in [5.74, 6) is -0.610. The monoisotopic (exact) mass is 186 g/mol. The van der Waals surface area contributed by atoms with E-state index >= 15 is 0 Å². The van der Waals surface area contributed by atoms with Crippen LogP contribution in [0.25, 0.3) is 0 Å². The van der Waals surface area contributed by atoms with Crippen molar-refractivity contribution >= 4 is 11.9 Å². The van der Waals surface area contributed by atoms with E-state index in [1.807, 2.05) is 13.8 Å². The number of rotatable bonds is 5. The Labute approximate surface area is 78.9 Å². The summed E-state index contributed by atoms with van der Waals surface area (Å²) in [6.45, 7) is 6.46. The maximum atomic E-state index is 11.3. The number of amides is 1. The predicted molar refractivity (Wildman–Crippen MR) is 48.9 cm³/mol. The van der Waals surface area contributed by atoms with Gasteiger partial charge in [-0.2, -0.15) is 0 Å². The third-order valence-electron chi connectivity index (χ3n) is 1.69. The molecule has 0 heterocycles. The van der Waals surface area contributed by atoms with E-state index in [-0.39, 0.29) is 12.5 Å². The van der Waals surface area contributed by atoms with Crippen molar-refractivity contribution in [3.8, 4) is 0 Å². The Morgan fingerprint density at radius 1 is 1.31 bits per heavy atom. The van der Waals surface area contributed by atoms with E-state index in [4.69, 9.17) is 0 Å². The molecule has 0 fully saturated rings. The highest BCUT2D eigenvalue weighted by Gasteiger charge is 2.11. The van der Waals surface area contributed by atoms with E-state index < -0.39 is 5.97 Å². The van der Waals surface area contributed by atoms with E-state index in [1.165, 1.54) is 6.42 Å². The first-order chi connectivity index (χ1) is 6.15. The zero-order chi connectivity index (χ0) is 10.3. The van der Waals surface area contributed by atoms with Gasteiger partial charge in [-0.1, -0.05) is 6.92 Å². The van der Waals surface area contributed by atoms with Gasteiger partial charge in [-0.25, -0.2) is 0 Å². The van der Waals surface area contributed by atoms with Gasteiger partial charge in [0.1, 0.15) is 0 Å². The van der Waals surface area contributed by atoms with Crippen LogP contribution in [0, 0.1) is 6.42 Å². The summed E-state index contributed by atoms with van der Waals surface area (Å²) in [6, 6.07) is 0. The van der Waals surface area contributed by atoms with E-state index in [9.17, 15) is 9.59 Å². The molecule has 0 N–H and O–H groups in total. The summed E-state index contributed by atoms with van der Waals surface area (Å²) in [4.78, 5) is 23.5. The summed E-state index contributed by atoms with van der Waals surface area (Å²) >= 11 is 0. The maximum Gasteiger partial charge on any atom is 0.310 e. The molecule has 0 aliphatic heterocycles. The number of likely N-dealkylation sites (N-methyl/N-ethyl adjacent to an activating group) is 1. The highest BCUT2D eigenvalue weighted by Crippen LogP contribution is 1.91. The molecule has 0 atom stereocenters. The van der Waals surface area contributed by atoms with Crippen LogP contribution < -0.4 is 0 Å². The average molecular weight is 186 g/mol. The van der Waals surface area contributed by atoms with Crippen molar-refractivity contribution in [3.63, 3.8) is 0 Å². The third-order valence-corrected chi connectivity index (χ3v) is 1.69. The number of hydrogen-bond donors (Lipinski definition) is 0. The Morgan fingerprint density at radius 3 is 2.23 bits per heavy atom. The Bertz CT molecular complexity index is 176. The Morgan fingerprint density at radius 2 is 1.85 bits per heavy atom. The van der Waals surface area contributed by atoms with E-state index in [0.29, 0.717) is 13.1 Å². The van der Waals surface area contributed by atoms with Crippen molar-refractivity contribution < 1.29 is 14.3 Å². The summed E-state index contributed by atoms with van der Waals surface area (Å²) in [5, 5.41) is 0. The minimum absolute atomic E-state index is 0.153. The van der Waals surface area contributed by atoms with Gasteiger partial charge in [0.25, 0.3) is 5.91 Å². The molecule has 0 aromatic heterocycles. The van der Waals surface area contributed by atoms with Gasteiger partial charge in [0.2, 0.25) is 0 Å². The second kappa shape index (κ2) is 6.46. The van der Waals surface area contributed by atoms with E-state index in [0.717, 1.165) is 0 Å². The molecule has 0 unspecified atom stereocenters. The fourth-order valence-electron chi connectivity index (χ4n) is 0.884. The van der Waals surface area contributed by atoms with Gasteiger partial charge >= 0.3 is 5.97 Å². The molecule has 1 radical (unpaired) electrons. The summed E-state index contributed by atoms with van der Waals surface area (Å²) in [5.41, 5.74) is 0. The van der Waals surface area contributed by atoms with Gasteiger partial charge in [-0.05, 0) is 13.8 Å². The molecule has 0 aliphatic carbocycles. The first kappa shape index (κ1) is 11.9. The molecule has 13 heavy (non-hydrogen) atoms. The number of carbonyl (C=O) groups is 2. The van der Waals surface area contributed by atoms with Crippen molar-refractivity contribution in [2.24, 2.45) is 0 Å². The van der Waals surface area contributed by atoms with Crippen LogP contribution in [0.4, 0.5) is 0 Å². The second-order valence-corrected chi connectivity index (χ2v) is 2.46. The van der Waals surface area contributed by atoms with Crippen LogP contribution >= 0.6 is 0 Å². The van der Waals surface area contributed by atoms with Gasteiger partial charge in [-0.15, -0.1) is 0 Å². The normalized spacial score (nSPS) is 9.46. The highest BCUT2D eigenvalue weighted by molar-refractivity contribution is 5.83. The fraction of sp³-hybridized carbons (Fsp3) is 0.667. The number of nitrogens with zero attached hydrogens (tertiary/aromatic N) is 1. The van der Waals surface area contributed by atoms with Crippen molar-refractivity contribution in [1.82, 2.24) is 4.90 Å². The van der Waals surface area contributed by atoms with Crippen LogP contribution in [-0.2, 0) is 14.3 Å². The predicted octanol–water partition coefficient (Wildman–Crippen LogP) is 0.622. The standard InChI is InChI=1S/C9H16NO3/c1-4-9(12)13-7-8(11)10(5-2)6-3/h4H,5-7H2,1-3H3. The van der Waals surface area contributed by atoms with Crippen molar-refractivity contribution in [2.45, 2.75) is 20.8 Å². The average Bonchev–Trinajstić information content (AvgIpc) is 2.16. The van der Waals surface area contributed by atoms with Crippen molar-refractivity contribution in [3.05, 3.63) is 6.42 Å². The largest absolute Gasteiger partial charge is 0.455 e. The molecule has 0 aliphatic rings. The number of hydrogen-bond acceptors (Lipinski definition) is 3. The minimum Gasteiger partial charge on any atom is -0.455 e. The SMILES string of the molecule is C[CH]C(=O)OCC(=O)N(CC)CC. The molecule has 0 spiro atoms. The summed E-state index contributed by atoms with van der Waals surface area (Å²) in [7, 11) is 0. The quantitative estimate of drug-likeness (QED) is 0.591. The van der Waals surface area contributed by atoms with Crippen LogP contribution in [0.1, 0.15) is 20.8 Å². The lowest BCUT2D eigenvalue weighted by atomic mass is 10.4. The molecule has 0 saturated carbocycles. The lowest BCUT2D eigenvalue weighted by molar-refractivity contribution is -0.149. The van der Waals surface area contributed by atoms with Crippen LogP contribution in [0.15, 0.2) is 0 Å². The smallest absolute Gasteiger partial charge is 0.310 e. The van der Waals surface area contributed by atoms with Gasteiger partial charge in [-0.3, -0.25) is 9.59 Å². The first-order valence-electron chi connectivity index (χ1n) is 4.39. The van der Waals surface area contributed by atoms with Gasteiger partial charge in [0, 0.05) is 13.1 Å². The Balaban J connectivity index is 3.79. The van der Waals surface area contributed by atoms with E-state index in [1.54, 1.807) is 11.8 Å². The topological polar surface area (TPSA) is 46.6 Å². The maximum absolute atomic E-state index is 11.3. The zero-order valence-corrected chi connectivity index (χ0v) is 8.37. The van der Waals surface area contributed by atoms with Crippen LogP contribution in [0.5, 0.6) is 0 Å². The van der Waals surface area contributed by atoms with Gasteiger partial charge in [0.15, 0.2) is 6.61 Å².